The van der Waals surface area contributed by atoms with Gasteiger partial charge >= 0.3 is 5.97 Å². The van der Waals surface area contributed by atoms with Crippen molar-refractivity contribution < 1.29 is 24.2 Å². The van der Waals surface area contributed by atoms with Gasteiger partial charge < -0.3 is 20.0 Å². The molecule has 0 aliphatic heterocycles. The zero-order valence-electron chi connectivity index (χ0n) is 15.9. The van der Waals surface area contributed by atoms with E-state index in [2.05, 4.69) is 5.32 Å². The molecule has 1 heterocycles. The first-order valence-electron chi connectivity index (χ1n) is 9.48. The first-order valence-corrected chi connectivity index (χ1v) is 10.7. The van der Waals surface area contributed by atoms with E-state index in [0.717, 1.165) is 18.4 Å². The van der Waals surface area contributed by atoms with Crippen LogP contribution >= 0.6 is 22.9 Å². The molecule has 1 saturated carbocycles. The third-order valence-electron chi connectivity index (χ3n) is 5.07. The number of carboxylic acids is 1. The average molecular weight is 435 g/mol. The van der Waals surface area contributed by atoms with Crippen molar-refractivity contribution in [1.82, 2.24) is 0 Å². The third-order valence-corrected chi connectivity index (χ3v) is 6.22. The number of aliphatic carboxylic acids is 1. The number of ether oxygens (including phenoxy) is 1. The van der Waals surface area contributed by atoms with Crippen LogP contribution in [0.2, 0.25) is 5.02 Å². The summed E-state index contributed by atoms with van der Waals surface area (Å²) < 4.78 is 5.19. The zero-order valence-corrected chi connectivity index (χ0v) is 17.5. The Hall–Kier alpha value is -2.38. The molecular weight excluding hydrogens is 414 g/mol. The number of carbonyl (C=O) groups excluding carboxylic acids is 3. The van der Waals surface area contributed by atoms with Crippen LogP contribution in [0.15, 0.2) is 29.6 Å². The number of amides is 1. The van der Waals surface area contributed by atoms with Crippen LogP contribution in [0.4, 0.5) is 5.00 Å². The monoisotopic (exact) mass is 434 g/mol. The normalized spacial score (nSPS) is 18.8. The van der Waals surface area contributed by atoms with Crippen molar-refractivity contribution in [3.8, 4) is 11.1 Å². The van der Waals surface area contributed by atoms with Crippen molar-refractivity contribution >= 4 is 45.8 Å². The molecule has 0 spiro atoms. The molecule has 6 nitrogen and oxygen atoms in total. The highest BCUT2D eigenvalue weighted by atomic mass is 35.5. The summed E-state index contributed by atoms with van der Waals surface area (Å²) in [6, 6.07) is 7.00. The minimum absolute atomic E-state index is 0.192. The van der Waals surface area contributed by atoms with Crippen molar-refractivity contribution in [3.63, 3.8) is 0 Å². The van der Waals surface area contributed by atoms with Gasteiger partial charge in [0.1, 0.15) is 10.6 Å². The maximum atomic E-state index is 12.8. The minimum Gasteiger partial charge on any atom is -0.550 e. The van der Waals surface area contributed by atoms with Gasteiger partial charge in [-0.05, 0) is 37.5 Å². The standard InChI is InChI=1S/C21H22ClNO5S/c1-2-28-21(27)17-16(12-7-9-13(22)10-8-12)11-29-19(17)23-18(24)14-5-3-4-6-15(14)20(25)26/h7-11,14-15H,2-6H2,1H3,(H,23,24)(H,25,26)/p-1. The number of carbonyl (C=O) groups is 3. The number of nitrogens with one attached hydrogen (secondary N) is 1. The Morgan fingerprint density at radius 2 is 1.83 bits per heavy atom. The SMILES string of the molecule is CCOC(=O)c1c(-c2ccc(Cl)cc2)csc1NC(=O)C1CCCCC1C(=O)[O-]. The Bertz CT molecular complexity index is 908. The molecule has 3 rings (SSSR count). The Labute approximate surface area is 177 Å². The van der Waals surface area contributed by atoms with Crippen LogP contribution in [-0.2, 0) is 14.3 Å². The van der Waals surface area contributed by atoms with Crippen LogP contribution in [-0.4, -0.2) is 24.5 Å². The first kappa shape index (κ1) is 21.3. The maximum Gasteiger partial charge on any atom is 0.341 e. The van der Waals surface area contributed by atoms with Gasteiger partial charge in [-0.1, -0.05) is 36.6 Å². The smallest absolute Gasteiger partial charge is 0.341 e. The summed E-state index contributed by atoms with van der Waals surface area (Å²) in [5.41, 5.74) is 1.65. The molecule has 29 heavy (non-hydrogen) atoms. The van der Waals surface area contributed by atoms with E-state index in [1.165, 1.54) is 11.3 Å². The largest absolute Gasteiger partial charge is 0.550 e. The lowest BCUT2D eigenvalue weighted by Gasteiger charge is -2.31. The molecule has 2 aromatic rings. The zero-order chi connectivity index (χ0) is 21.0. The lowest BCUT2D eigenvalue weighted by molar-refractivity contribution is -0.313. The fraction of sp³-hybridized carbons (Fsp3) is 0.381. The summed E-state index contributed by atoms with van der Waals surface area (Å²) in [5, 5.41) is 16.9. The van der Waals surface area contributed by atoms with E-state index in [1.807, 2.05) is 0 Å². The molecule has 1 aliphatic rings. The van der Waals surface area contributed by atoms with Crippen molar-refractivity contribution in [2.75, 3.05) is 11.9 Å². The van der Waals surface area contributed by atoms with E-state index in [1.54, 1.807) is 36.6 Å². The van der Waals surface area contributed by atoms with Crippen LogP contribution in [0.3, 0.4) is 0 Å². The number of benzene rings is 1. The van der Waals surface area contributed by atoms with Gasteiger partial charge in [0.2, 0.25) is 5.91 Å². The molecule has 154 valence electrons. The van der Waals surface area contributed by atoms with E-state index < -0.39 is 29.7 Å². The second-order valence-corrected chi connectivity index (χ2v) is 8.20. The summed E-state index contributed by atoms with van der Waals surface area (Å²) in [6.07, 6.45) is 2.45. The quantitative estimate of drug-likeness (QED) is 0.698. The minimum atomic E-state index is -1.21. The fourth-order valence-electron chi connectivity index (χ4n) is 3.63. The molecule has 1 amide bonds. The fourth-order valence-corrected chi connectivity index (χ4v) is 4.72. The first-order chi connectivity index (χ1) is 13.9. The summed E-state index contributed by atoms with van der Waals surface area (Å²) in [7, 11) is 0. The molecular formula is C21H21ClNO5S-. The van der Waals surface area contributed by atoms with E-state index in [9.17, 15) is 19.5 Å². The van der Waals surface area contributed by atoms with E-state index in [0.29, 0.717) is 28.4 Å². The number of anilines is 1. The molecule has 1 aromatic heterocycles. The van der Waals surface area contributed by atoms with Gasteiger partial charge in [0.25, 0.3) is 0 Å². The number of hydrogen-bond donors (Lipinski definition) is 1. The van der Waals surface area contributed by atoms with Crippen molar-refractivity contribution in [1.29, 1.82) is 0 Å². The second-order valence-electron chi connectivity index (χ2n) is 6.89. The highest BCUT2D eigenvalue weighted by molar-refractivity contribution is 7.15. The lowest BCUT2D eigenvalue weighted by atomic mass is 9.79. The molecule has 8 heteroatoms. The Kier molecular flexibility index (Phi) is 6.92. The maximum absolute atomic E-state index is 12.8. The van der Waals surface area contributed by atoms with Gasteiger partial charge in [-0.15, -0.1) is 11.3 Å². The number of halogens is 1. The number of hydrogen-bond acceptors (Lipinski definition) is 6. The number of thiophene rings is 1. The molecule has 1 N–H and O–H groups in total. The number of esters is 1. The van der Waals surface area contributed by atoms with Crippen LogP contribution < -0.4 is 10.4 Å². The van der Waals surface area contributed by atoms with Crippen LogP contribution in [0.1, 0.15) is 43.0 Å². The Morgan fingerprint density at radius 1 is 1.17 bits per heavy atom. The van der Waals surface area contributed by atoms with Gasteiger partial charge in [0.15, 0.2) is 0 Å². The van der Waals surface area contributed by atoms with Gasteiger partial charge in [-0.25, -0.2) is 4.79 Å². The van der Waals surface area contributed by atoms with Gasteiger partial charge in [0, 0.05) is 33.8 Å². The second kappa shape index (κ2) is 9.41. The van der Waals surface area contributed by atoms with Crippen LogP contribution in [0, 0.1) is 11.8 Å². The molecule has 1 aromatic carbocycles. The molecule has 0 saturated heterocycles. The molecule has 0 bridgehead atoms. The predicted molar refractivity (Wildman–Crippen MR) is 110 cm³/mol. The average Bonchev–Trinajstić information content (AvgIpc) is 3.12. The van der Waals surface area contributed by atoms with Gasteiger partial charge in [-0.3, -0.25) is 4.79 Å². The molecule has 0 radical (unpaired) electrons. The number of carboxylic acid groups (broad SMARTS) is 1. The van der Waals surface area contributed by atoms with Crippen molar-refractivity contribution in [2.24, 2.45) is 11.8 Å². The predicted octanol–water partition coefficient (Wildman–Crippen LogP) is 3.74. The van der Waals surface area contributed by atoms with Crippen LogP contribution in [0.25, 0.3) is 11.1 Å². The summed E-state index contributed by atoms with van der Waals surface area (Å²) >= 11 is 7.15. The van der Waals surface area contributed by atoms with Crippen molar-refractivity contribution in [3.05, 3.63) is 40.2 Å². The van der Waals surface area contributed by atoms with Crippen LogP contribution in [0.5, 0.6) is 0 Å². The summed E-state index contributed by atoms with van der Waals surface area (Å²) in [4.78, 5) is 36.9. The topological polar surface area (TPSA) is 95.5 Å². The Morgan fingerprint density at radius 3 is 2.45 bits per heavy atom. The summed E-state index contributed by atoms with van der Waals surface area (Å²) in [6.45, 7) is 1.90. The van der Waals surface area contributed by atoms with Crippen molar-refractivity contribution in [2.45, 2.75) is 32.6 Å². The Balaban J connectivity index is 1.92. The van der Waals surface area contributed by atoms with E-state index >= 15 is 0 Å². The summed E-state index contributed by atoms with van der Waals surface area (Å²) in [5.74, 6) is -3.65. The highest BCUT2D eigenvalue weighted by Gasteiger charge is 2.33. The third kappa shape index (κ3) is 4.79. The van der Waals surface area contributed by atoms with Gasteiger partial charge in [0.05, 0.1) is 6.61 Å². The number of rotatable bonds is 6. The lowest BCUT2D eigenvalue weighted by Crippen LogP contribution is -2.42. The van der Waals surface area contributed by atoms with E-state index in [-0.39, 0.29) is 12.2 Å². The van der Waals surface area contributed by atoms with E-state index in [4.69, 9.17) is 16.3 Å². The molecule has 1 aliphatic carbocycles. The highest BCUT2D eigenvalue weighted by Crippen LogP contribution is 2.38. The molecule has 1 fully saturated rings. The molecule has 2 unspecified atom stereocenters. The molecule has 2 atom stereocenters. The van der Waals surface area contributed by atoms with Gasteiger partial charge in [-0.2, -0.15) is 0 Å².